The number of para-hydroxylation sites is 1. The van der Waals surface area contributed by atoms with Crippen LogP contribution >= 0.6 is 0 Å². The molecule has 1 fully saturated rings. The summed E-state index contributed by atoms with van der Waals surface area (Å²) < 4.78 is 1.78. The molecular formula is C24H23N5O2. The number of amides is 1. The van der Waals surface area contributed by atoms with Crippen LogP contribution in [0, 0.1) is 12.8 Å². The molecule has 1 amide bonds. The van der Waals surface area contributed by atoms with Crippen LogP contribution in [-0.2, 0) is 6.54 Å². The Bertz CT molecular complexity index is 1340. The van der Waals surface area contributed by atoms with E-state index in [1.165, 1.54) is 0 Å². The van der Waals surface area contributed by atoms with Crippen LogP contribution in [0.25, 0.3) is 21.9 Å². The normalized spacial score (nSPS) is 14.9. The van der Waals surface area contributed by atoms with Gasteiger partial charge in [0.25, 0.3) is 11.5 Å². The lowest BCUT2D eigenvalue weighted by Crippen LogP contribution is -2.40. The molecule has 0 spiro atoms. The van der Waals surface area contributed by atoms with E-state index in [0.29, 0.717) is 36.5 Å². The van der Waals surface area contributed by atoms with Crippen LogP contribution in [0.15, 0.2) is 59.7 Å². The number of likely N-dealkylation sites (tertiary alicyclic amines) is 1. The van der Waals surface area contributed by atoms with Gasteiger partial charge in [0, 0.05) is 37.6 Å². The average Bonchev–Trinajstić information content (AvgIpc) is 2.81. The fraction of sp³-hybridized carbons (Fsp3) is 0.292. The second-order valence-electron chi connectivity index (χ2n) is 8.09. The van der Waals surface area contributed by atoms with E-state index in [2.05, 4.69) is 15.0 Å². The smallest absolute Gasteiger partial charge is 0.261 e. The Kier molecular flexibility index (Phi) is 4.94. The first-order valence-corrected chi connectivity index (χ1v) is 10.6. The van der Waals surface area contributed by atoms with Gasteiger partial charge in [-0.2, -0.15) is 0 Å². The predicted octanol–water partition coefficient (Wildman–Crippen LogP) is 3.20. The molecule has 0 N–H and O–H groups in total. The van der Waals surface area contributed by atoms with Gasteiger partial charge < -0.3 is 4.90 Å². The predicted molar refractivity (Wildman–Crippen MR) is 119 cm³/mol. The lowest BCUT2D eigenvalue weighted by molar-refractivity contribution is 0.0682. The molecule has 1 aliphatic heterocycles. The first-order chi connectivity index (χ1) is 15.1. The van der Waals surface area contributed by atoms with Gasteiger partial charge in [-0.05, 0) is 56.0 Å². The summed E-state index contributed by atoms with van der Waals surface area (Å²) in [6, 6.07) is 12.9. The third-order valence-corrected chi connectivity index (χ3v) is 6.11. The maximum atomic E-state index is 13.0. The largest absolute Gasteiger partial charge is 0.339 e. The van der Waals surface area contributed by atoms with Crippen molar-refractivity contribution in [1.82, 2.24) is 24.4 Å². The van der Waals surface area contributed by atoms with Gasteiger partial charge in [0.15, 0.2) is 0 Å². The monoisotopic (exact) mass is 413 g/mol. The zero-order valence-corrected chi connectivity index (χ0v) is 17.4. The zero-order chi connectivity index (χ0) is 21.4. The van der Waals surface area contributed by atoms with Crippen molar-refractivity contribution >= 4 is 27.8 Å². The Balaban J connectivity index is 1.29. The zero-order valence-electron chi connectivity index (χ0n) is 17.4. The molecule has 31 heavy (non-hydrogen) atoms. The molecule has 0 bridgehead atoms. The van der Waals surface area contributed by atoms with E-state index in [-0.39, 0.29) is 11.5 Å². The second kappa shape index (κ2) is 7.91. The summed E-state index contributed by atoms with van der Waals surface area (Å²) in [6.45, 7) is 3.87. The molecule has 2 aromatic carbocycles. The molecule has 1 aliphatic rings. The molecule has 0 radical (unpaired) electrons. The van der Waals surface area contributed by atoms with Gasteiger partial charge in [-0.1, -0.05) is 12.1 Å². The summed E-state index contributed by atoms with van der Waals surface area (Å²) in [5.74, 6) is 1.09. The maximum Gasteiger partial charge on any atom is 0.261 e. The van der Waals surface area contributed by atoms with Crippen molar-refractivity contribution in [2.24, 2.45) is 5.92 Å². The third kappa shape index (κ3) is 3.67. The van der Waals surface area contributed by atoms with E-state index in [1.54, 1.807) is 23.0 Å². The molecule has 0 unspecified atom stereocenters. The molecule has 3 heterocycles. The SMILES string of the molecule is Cc1nc2ccccc2c(=O)n1CC1CCN(C(=O)c2ccc3nccnc3c2)CC1. The molecule has 2 aromatic heterocycles. The van der Waals surface area contributed by atoms with Crippen LogP contribution in [0.5, 0.6) is 0 Å². The summed E-state index contributed by atoms with van der Waals surface area (Å²) in [7, 11) is 0. The van der Waals surface area contributed by atoms with Crippen LogP contribution in [0.2, 0.25) is 0 Å². The minimum Gasteiger partial charge on any atom is -0.339 e. The van der Waals surface area contributed by atoms with Gasteiger partial charge in [-0.15, -0.1) is 0 Å². The van der Waals surface area contributed by atoms with Crippen LogP contribution in [0.1, 0.15) is 29.0 Å². The van der Waals surface area contributed by atoms with Crippen molar-refractivity contribution in [2.45, 2.75) is 26.3 Å². The number of piperidine rings is 1. The van der Waals surface area contributed by atoms with Gasteiger partial charge in [0.1, 0.15) is 5.82 Å². The minimum atomic E-state index is 0.0129. The lowest BCUT2D eigenvalue weighted by Gasteiger charge is -2.32. The summed E-state index contributed by atoms with van der Waals surface area (Å²) in [4.78, 5) is 41.0. The van der Waals surface area contributed by atoms with Crippen LogP contribution in [0.4, 0.5) is 0 Å². The van der Waals surface area contributed by atoms with Crippen molar-refractivity contribution in [2.75, 3.05) is 13.1 Å². The van der Waals surface area contributed by atoms with E-state index in [0.717, 1.165) is 35.2 Å². The number of nitrogens with zero attached hydrogens (tertiary/aromatic N) is 5. The highest BCUT2D eigenvalue weighted by atomic mass is 16.2. The van der Waals surface area contributed by atoms with Gasteiger partial charge in [-0.25, -0.2) is 4.98 Å². The summed E-state index contributed by atoms with van der Waals surface area (Å²) >= 11 is 0. The topological polar surface area (TPSA) is 81.0 Å². The van der Waals surface area contributed by atoms with Gasteiger partial charge in [0.05, 0.1) is 21.9 Å². The van der Waals surface area contributed by atoms with Crippen molar-refractivity contribution in [1.29, 1.82) is 0 Å². The molecule has 0 atom stereocenters. The van der Waals surface area contributed by atoms with E-state index < -0.39 is 0 Å². The molecule has 156 valence electrons. The Morgan fingerprint density at radius 3 is 2.55 bits per heavy atom. The number of aryl methyl sites for hydroxylation is 1. The quantitative estimate of drug-likeness (QED) is 0.515. The lowest BCUT2D eigenvalue weighted by atomic mass is 9.96. The van der Waals surface area contributed by atoms with Gasteiger partial charge >= 0.3 is 0 Å². The molecule has 4 aromatic rings. The number of aromatic nitrogens is 4. The highest BCUT2D eigenvalue weighted by molar-refractivity contribution is 5.97. The Labute approximate surface area is 179 Å². The Hall–Kier alpha value is -3.61. The molecule has 5 rings (SSSR count). The summed E-state index contributed by atoms with van der Waals surface area (Å²) in [6.07, 6.45) is 5.00. The van der Waals surface area contributed by atoms with Crippen molar-refractivity contribution < 1.29 is 4.79 Å². The molecule has 7 nitrogen and oxygen atoms in total. The summed E-state index contributed by atoms with van der Waals surface area (Å²) in [5, 5.41) is 0.653. The number of hydrogen-bond donors (Lipinski definition) is 0. The number of hydrogen-bond acceptors (Lipinski definition) is 5. The second-order valence-corrected chi connectivity index (χ2v) is 8.09. The van der Waals surface area contributed by atoms with Crippen LogP contribution in [0.3, 0.4) is 0 Å². The first-order valence-electron chi connectivity index (χ1n) is 10.6. The van der Waals surface area contributed by atoms with E-state index >= 15 is 0 Å². The minimum absolute atomic E-state index is 0.0129. The average molecular weight is 413 g/mol. The fourth-order valence-electron chi connectivity index (χ4n) is 4.35. The maximum absolute atomic E-state index is 13.0. The van der Waals surface area contributed by atoms with E-state index in [9.17, 15) is 9.59 Å². The third-order valence-electron chi connectivity index (χ3n) is 6.11. The van der Waals surface area contributed by atoms with E-state index in [1.807, 2.05) is 48.2 Å². The Morgan fingerprint density at radius 1 is 1.00 bits per heavy atom. The number of fused-ring (bicyclic) bond motifs is 2. The number of rotatable bonds is 3. The van der Waals surface area contributed by atoms with Crippen LogP contribution in [-0.4, -0.2) is 43.4 Å². The van der Waals surface area contributed by atoms with Crippen molar-refractivity contribution in [3.05, 3.63) is 76.6 Å². The molecule has 0 saturated carbocycles. The molecular weight excluding hydrogens is 390 g/mol. The fourth-order valence-corrected chi connectivity index (χ4v) is 4.35. The van der Waals surface area contributed by atoms with Crippen molar-refractivity contribution in [3.8, 4) is 0 Å². The highest BCUT2D eigenvalue weighted by Crippen LogP contribution is 2.22. The standard InChI is InChI=1S/C24H23N5O2/c1-16-27-20-5-3-2-4-19(20)24(31)29(16)15-17-8-12-28(13-9-17)23(30)18-6-7-21-22(14-18)26-11-10-25-21/h2-7,10-11,14,17H,8-9,12-13,15H2,1H3. The summed E-state index contributed by atoms with van der Waals surface area (Å²) in [5.41, 5.74) is 2.89. The molecule has 0 aliphatic carbocycles. The van der Waals surface area contributed by atoms with E-state index in [4.69, 9.17) is 0 Å². The molecule has 1 saturated heterocycles. The van der Waals surface area contributed by atoms with Gasteiger partial charge in [-0.3, -0.25) is 24.1 Å². The number of benzene rings is 2. The van der Waals surface area contributed by atoms with Crippen molar-refractivity contribution in [3.63, 3.8) is 0 Å². The Morgan fingerprint density at radius 2 is 1.74 bits per heavy atom. The first kappa shape index (κ1) is 19.4. The number of carbonyl (C=O) groups excluding carboxylic acids is 1. The number of carbonyl (C=O) groups is 1. The molecule has 7 heteroatoms. The highest BCUT2D eigenvalue weighted by Gasteiger charge is 2.25. The van der Waals surface area contributed by atoms with Gasteiger partial charge in [0.2, 0.25) is 0 Å². The van der Waals surface area contributed by atoms with Crippen LogP contribution < -0.4 is 5.56 Å².